The minimum absolute atomic E-state index is 0.103. The van der Waals surface area contributed by atoms with Crippen molar-refractivity contribution in [2.24, 2.45) is 0 Å². The maximum absolute atomic E-state index is 11.8. The number of hydrogen-bond acceptors (Lipinski definition) is 4. The number of carbonyl (C=O) groups is 1. The number of nitrogens with one attached hydrogen (secondary N) is 1. The zero-order chi connectivity index (χ0) is 15.3. The van der Waals surface area contributed by atoms with Crippen molar-refractivity contribution in [3.8, 4) is 11.8 Å². The number of benzene rings is 1. The highest BCUT2D eigenvalue weighted by molar-refractivity contribution is 6.30. The van der Waals surface area contributed by atoms with Crippen LogP contribution < -0.4 is 10.1 Å². The van der Waals surface area contributed by atoms with Gasteiger partial charge in [-0.2, -0.15) is 5.26 Å². The van der Waals surface area contributed by atoms with E-state index in [9.17, 15) is 15.2 Å². The predicted octanol–water partition coefficient (Wildman–Crippen LogP) is 2.19. The lowest BCUT2D eigenvalue weighted by Gasteiger charge is -2.19. The Hall–Kier alpha value is -1.77. The highest BCUT2D eigenvalue weighted by Crippen LogP contribution is 2.28. The predicted molar refractivity (Wildman–Crippen MR) is 75.4 cm³/mol. The molecule has 1 amide bonds. The number of methoxy groups -OCH3 is 1. The Morgan fingerprint density at radius 2 is 2.25 bits per heavy atom. The largest absolute Gasteiger partial charge is 0.496 e. The molecular weight excluding hydrogens is 280 g/mol. The Labute approximate surface area is 123 Å². The standard InChI is InChI=1S/C14H17ClN2O3/c1-14(2,19)7-13(18)17-11(8-16)10-6-9(15)4-5-12(10)20-3/h4-6,11,19H,7H2,1-3H3,(H,17,18). The van der Waals surface area contributed by atoms with E-state index >= 15 is 0 Å². The van der Waals surface area contributed by atoms with Gasteiger partial charge in [-0.3, -0.25) is 4.79 Å². The smallest absolute Gasteiger partial charge is 0.224 e. The summed E-state index contributed by atoms with van der Waals surface area (Å²) in [4.78, 5) is 11.8. The van der Waals surface area contributed by atoms with Crippen LogP contribution in [0.5, 0.6) is 5.75 Å². The number of aliphatic hydroxyl groups is 1. The molecule has 1 aromatic carbocycles. The molecule has 1 atom stereocenters. The summed E-state index contributed by atoms with van der Waals surface area (Å²) in [5, 5.41) is 21.8. The summed E-state index contributed by atoms with van der Waals surface area (Å²) in [6.07, 6.45) is -0.103. The Kier molecular flexibility index (Phi) is 5.37. The van der Waals surface area contributed by atoms with Crippen LogP contribution in [-0.4, -0.2) is 23.7 Å². The number of carbonyl (C=O) groups excluding carboxylic acids is 1. The topological polar surface area (TPSA) is 82.3 Å². The molecular formula is C14H17ClN2O3. The third-order valence-electron chi connectivity index (χ3n) is 2.53. The molecule has 0 aliphatic heterocycles. The van der Waals surface area contributed by atoms with E-state index in [1.165, 1.54) is 21.0 Å². The zero-order valence-electron chi connectivity index (χ0n) is 11.6. The SMILES string of the molecule is COc1ccc(Cl)cc1C(C#N)NC(=O)CC(C)(C)O. The van der Waals surface area contributed by atoms with Crippen molar-refractivity contribution in [1.82, 2.24) is 5.32 Å². The van der Waals surface area contributed by atoms with E-state index in [4.69, 9.17) is 16.3 Å². The Morgan fingerprint density at radius 1 is 1.60 bits per heavy atom. The van der Waals surface area contributed by atoms with E-state index in [-0.39, 0.29) is 6.42 Å². The molecule has 0 aromatic heterocycles. The van der Waals surface area contributed by atoms with Gasteiger partial charge in [0.2, 0.25) is 5.91 Å². The second kappa shape index (κ2) is 6.60. The van der Waals surface area contributed by atoms with Crippen LogP contribution in [0.4, 0.5) is 0 Å². The summed E-state index contributed by atoms with van der Waals surface area (Å²) in [7, 11) is 1.47. The number of nitriles is 1. The second-order valence-electron chi connectivity index (χ2n) is 5.01. The third kappa shape index (κ3) is 4.72. The fraction of sp³-hybridized carbons (Fsp3) is 0.429. The van der Waals surface area contributed by atoms with Crippen LogP contribution in [0.2, 0.25) is 5.02 Å². The van der Waals surface area contributed by atoms with Gasteiger partial charge in [0, 0.05) is 10.6 Å². The fourth-order valence-electron chi connectivity index (χ4n) is 1.72. The summed E-state index contributed by atoms with van der Waals surface area (Å²) in [6, 6.07) is 5.93. The van der Waals surface area contributed by atoms with E-state index in [0.29, 0.717) is 16.3 Å². The molecule has 6 heteroatoms. The van der Waals surface area contributed by atoms with Crippen LogP contribution in [0, 0.1) is 11.3 Å². The number of ether oxygens (including phenoxy) is 1. The molecule has 0 heterocycles. The molecule has 0 fully saturated rings. The summed E-state index contributed by atoms with van der Waals surface area (Å²) in [5.74, 6) is 0.0376. The Morgan fingerprint density at radius 3 is 2.75 bits per heavy atom. The Bertz CT molecular complexity index is 532. The molecule has 1 rings (SSSR count). The normalized spacial score (nSPS) is 12.4. The number of rotatable bonds is 5. The molecule has 5 nitrogen and oxygen atoms in total. The van der Waals surface area contributed by atoms with Crippen molar-refractivity contribution in [3.05, 3.63) is 28.8 Å². The van der Waals surface area contributed by atoms with Crippen LogP contribution in [0.3, 0.4) is 0 Å². The highest BCUT2D eigenvalue weighted by atomic mass is 35.5. The van der Waals surface area contributed by atoms with Crippen molar-refractivity contribution >= 4 is 17.5 Å². The zero-order valence-corrected chi connectivity index (χ0v) is 12.4. The van der Waals surface area contributed by atoms with E-state index in [1.807, 2.05) is 6.07 Å². The number of halogens is 1. The highest BCUT2D eigenvalue weighted by Gasteiger charge is 2.23. The van der Waals surface area contributed by atoms with Gasteiger partial charge in [-0.05, 0) is 32.0 Å². The molecule has 0 radical (unpaired) electrons. The molecule has 0 spiro atoms. The van der Waals surface area contributed by atoms with Crippen LogP contribution in [0.25, 0.3) is 0 Å². The van der Waals surface area contributed by atoms with Gasteiger partial charge in [0.25, 0.3) is 0 Å². The maximum Gasteiger partial charge on any atom is 0.224 e. The van der Waals surface area contributed by atoms with Crippen LogP contribution in [-0.2, 0) is 4.79 Å². The molecule has 108 valence electrons. The lowest BCUT2D eigenvalue weighted by Crippen LogP contribution is -2.34. The van der Waals surface area contributed by atoms with E-state index in [2.05, 4.69) is 5.32 Å². The maximum atomic E-state index is 11.8. The molecule has 0 bridgehead atoms. The average molecular weight is 297 g/mol. The molecule has 0 saturated heterocycles. The van der Waals surface area contributed by atoms with Gasteiger partial charge < -0.3 is 15.2 Å². The first-order valence-electron chi connectivity index (χ1n) is 6.01. The molecule has 0 saturated carbocycles. The fourth-order valence-corrected chi connectivity index (χ4v) is 1.90. The minimum Gasteiger partial charge on any atom is -0.496 e. The quantitative estimate of drug-likeness (QED) is 0.872. The molecule has 1 aromatic rings. The van der Waals surface area contributed by atoms with E-state index in [1.54, 1.807) is 18.2 Å². The lowest BCUT2D eigenvalue weighted by atomic mass is 10.0. The van der Waals surface area contributed by atoms with Gasteiger partial charge in [0.05, 0.1) is 25.2 Å². The van der Waals surface area contributed by atoms with Gasteiger partial charge in [-0.25, -0.2) is 0 Å². The van der Waals surface area contributed by atoms with E-state index < -0.39 is 17.6 Å². The number of hydrogen-bond donors (Lipinski definition) is 2. The van der Waals surface area contributed by atoms with Crippen molar-refractivity contribution in [2.45, 2.75) is 31.9 Å². The van der Waals surface area contributed by atoms with Crippen LogP contribution in [0.15, 0.2) is 18.2 Å². The first-order chi connectivity index (χ1) is 9.26. The summed E-state index contributed by atoms with van der Waals surface area (Å²) >= 11 is 5.90. The summed E-state index contributed by atoms with van der Waals surface area (Å²) in [5.41, 5.74) is -0.658. The van der Waals surface area contributed by atoms with Gasteiger partial charge in [0.1, 0.15) is 11.8 Å². The van der Waals surface area contributed by atoms with Crippen molar-refractivity contribution < 1.29 is 14.6 Å². The molecule has 1 unspecified atom stereocenters. The summed E-state index contributed by atoms with van der Waals surface area (Å²) < 4.78 is 5.16. The first-order valence-corrected chi connectivity index (χ1v) is 6.39. The molecule has 2 N–H and O–H groups in total. The Balaban J connectivity index is 2.95. The number of nitrogens with zero attached hydrogens (tertiary/aromatic N) is 1. The monoisotopic (exact) mass is 296 g/mol. The van der Waals surface area contributed by atoms with E-state index in [0.717, 1.165) is 0 Å². The first kappa shape index (κ1) is 16.3. The van der Waals surface area contributed by atoms with Crippen molar-refractivity contribution in [1.29, 1.82) is 5.26 Å². The van der Waals surface area contributed by atoms with Gasteiger partial charge >= 0.3 is 0 Å². The third-order valence-corrected chi connectivity index (χ3v) is 2.77. The van der Waals surface area contributed by atoms with Crippen LogP contribution in [0.1, 0.15) is 31.9 Å². The van der Waals surface area contributed by atoms with Gasteiger partial charge in [-0.15, -0.1) is 0 Å². The lowest BCUT2D eigenvalue weighted by molar-refractivity contribution is -0.125. The van der Waals surface area contributed by atoms with Crippen molar-refractivity contribution in [2.75, 3.05) is 7.11 Å². The average Bonchev–Trinajstić information content (AvgIpc) is 2.33. The molecule has 0 aliphatic rings. The second-order valence-corrected chi connectivity index (χ2v) is 5.44. The van der Waals surface area contributed by atoms with Crippen LogP contribution >= 0.6 is 11.6 Å². The number of amides is 1. The summed E-state index contributed by atoms with van der Waals surface area (Å²) in [6.45, 7) is 3.04. The molecule has 0 aliphatic carbocycles. The molecule has 20 heavy (non-hydrogen) atoms. The van der Waals surface area contributed by atoms with Crippen molar-refractivity contribution in [3.63, 3.8) is 0 Å². The minimum atomic E-state index is -1.14. The van der Waals surface area contributed by atoms with Gasteiger partial charge in [0.15, 0.2) is 0 Å². The van der Waals surface area contributed by atoms with Gasteiger partial charge in [-0.1, -0.05) is 11.6 Å².